The Hall–Kier alpha value is -0.480. The van der Waals surface area contributed by atoms with Crippen LogP contribution in [0.2, 0.25) is 0 Å². The van der Waals surface area contributed by atoms with Gasteiger partial charge >= 0.3 is 0 Å². The third-order valence-electron chi connectivity index (χ3n) is 3.42. The second-order valence-electron chi connectivity index (χ2n) is 4.08. The summed E-state index contributed by atoms with van der Waals surface area (Å²) >= 11 is 0. The minimum Gasteiger partial charge on any atom is -0.289 e. The van der Waals surface area contributed by atoms with Gasteiger partial charge in [0.1, 0.15) is 0 Å². The third kappa shape index (κ3) is 1.36. The molecule has 0 N–H and O–H groups in total. The molecule has 1 aliphatic heterocycles. The van der Waals surface area contributed by atoms with Gasteiger partial charge in [-0.15, -0.1) is 6.42 Å². The van der Waals surface area contributed by atoms with Crippen LogP contribution in [0.4, 0.5) is 0 Å². The summed E-state index contributed by atoms with van der Waals surface area (Å²) in [5.41, 5.74) is 0. The standard InChI is InChI=1S/C11H17N/c1-2-8-12-9-7-10-5-3-4-6-11(10)12/h1,10-11H,3-9H2/t10-,11-/m0/s1. The van der Waals surface area contributed by atoms with Crippen LogP contribution in [0.3, 0.4) is 0 Å². The number of terminal acetylenes is 1. The number of rotatable bonds is 1. The van der Waals surface area contributed by atoms with Gasteiger partial charge in [-0.2, -0.15) is 0 Å². The Kier molecular flexibility index (Phi) is 2.37. The van der Waals surface area contributed by atoms with Crippen LogP contribution in [-0.4, -0.2) is 24.0 Å². The van der Waals surface area contributed by atoms with Gasteiger partial charge in [0, 0.05) is 6.04 Å². The zero-order valence-electron chi connectivity index (χ0n) is 7.63. The fourth-order valence-electron chi connectivity index (χ4n) is 2.82. The van der Waals surface area contributed by atoms with E-state index in [1.807, 2.05) is 0 Å². The molecule has 0 aromatic heterocycles. The van der Waals surface area contributed by atoms with E-state index in [1.54, 1.807) is 0 Å². The molecule has 0 bridgehead atoms. The second kappa shape index (κ2) is 3.49. The van der Waals surface area contributed by atoms with Crippen molar-refractivity contribution in [2.24, 2.45) is 5.92 Å². The van der Waals surface area contributed by atoms with Crippen LogP contribution in [0.5, 0.6) is 0 Å². The van der Waals surface area contributed by atoms with E-state index in [0.29, 0.717) is 0 Å². The van der Waals surface area contributed by atoms with Crippen molar-refractivity contribution in [3.63, 3.8) is 0 Å². The number of hydrogen-bond donors (Lipinski definition) is 0. The average molecular weight is 163 g/mol. The molecular weight excluding hydrogens is 146 g/mol. The van der Waals surface area contributed by atoms with Crippen LogP contribution in [-0.2, 0) is 0 Å². The molecule has 0 amide bonds. The molecule has 0 aromatic carbocycles. The summed E-state index contributed by atoms with van der Waals surface area (Å²) in [7, 11) is 0. The summed E-state index contributed by atoms with van der Waals surface area (Å²) in [5, 5.41) is 0. The molecule has 1 saturated carbocycles. The fraction of sp³-hybridized carbons (Fsp3) is 0.818. The van der Waals surface area contributed by atoms with E-state index in [1.165, 1.54) is 38.6 Å². The highest BCUT2D eigenvalue weighted by Gasteiger charge is 2.34. The van der Waals surface area contributed by atoms with Crippen molar-refractivity contribution in [3.8, 4) is 12.3 Å². The Labute approximate surface area is 75.1 Å². The second-order valence-corrected chi connectivity index (χ2v) is 4.08. The zero-order valence-corrected chi connectivity index (χ0v) is 7.63. The van der Waals surface area contributed by atoms with Gasteiger partial charge in [0.05, 0.1) is 6.54 Å². The molecule has 2 aliphatic rings. The lowest BCUT2D eigenvalue weighted by Crippen LogP contribution is -2.34. The van der Waals surface area contributed by atoms with Crippen LogP contribution >= 0.6 is 0 Å². The van der Waals surface area contributed by atoms with Crippen molar-refractivity contribution in [2.75, 3.05) is 13.1 Å². The molecular formula is C11H17N. The molecule has 1 heterocycles. The van der Waals surface area contributed by atoms with Gasteiger partial charge in [-0.1, -0.05) is 18.8 Å². The van der Waals surface area contributed by atoms with Gasteiger partial charge in [-0.05, 0) is 31.7 Å². The molecule has 2 fully saturated rings. The zero-order chi connectivity index (χ0) is 8.39. The molecule has 0 unspecified atom stereocenters. The largest absolute Gasteiger partial charge is 0.289 e. The molecule has 1 heteroatoms. The number of fused-ring (bicyclic) bond motifs is 1. The fourth-order valence-corrected chi connectivity index (χ4v) is 2.82. The Morgan fingerprint density at radius 3 is 2.92 bits per heavy atom. The SMILES string of the molecule is C#CCN1CC[C@@H]2CCCC[C@@H]21. The lowest BCUT2D eigenvalue weighted by Gasteiger charge is -2.30. The van der Waals surface area contributed by atoms with E-state index in [2.05, 4.69) is 10.8 Å². The van der Waals surface area contributed by atoms with E-state index >= 15 is 0 Å². The Morgan fingerprint density at radius 2 is 2.08 bits per heavy atom. The first kappa shape index (κ1) is 8.13. The monoisotopic (exact) mass is 163 g/mol. The van der Waals surface area contributed by atoms with Gasteiger partial charge in [-0.25, -0.2) is 0 Å². The van der Waals surface area contributed by atoms with E-state index in [4.69, 9.17) is 6.42 Å². The average Bonchev–Trinajstić information content (AvgIpc) is 2.50. The normalized spacial score (nSPS) is 35.9. The van der Waals surface area contributed by atoms with E-state index in [9.17, 15) is 0 Å². The third-order valence-corrected chi connectivity index (χ3v) is 3.42. The highest BCUT2D eigenvalue weighted by Crippen LogP contribution is 2.35. The maximum absolute atomic E-state index is 5.34. The summed E-state index contributed by atoms with van der Waals surface area (Å²) in [6.45, 7) is 2.13. The van der Waals surface area contributed by atoms with Crippen molar-refractivity contribution >= 4 is 0 Å². The summed E-state index contributed by atoms with van der Waals surface area (Å²) < 4.78 is 0. The smallest absolute Gasteiger partial charge is 0.0601 e. The predicted octanol–water partition coefficient (Wildman–Crippen LogP) is 1.88. The minimum absolute atomic E-state index is 0.842. The lowest BCUT2D eigenvalue weighted by atomic mass is 9.85. The molecule has 1 nitrogen and oxygen atoms in total. The maximum atomic E-state index is 5.34. The first-order chi connectivity index (χ1) is 5.92. The van der Waals surface area contributed by atoms with Gasteiger partial charge in [-0.3, -0.25) is 4.90 Å². The lowest BCUT2D eigenvalue weighted by molar-refractivity contribution is 0.200. The van der Waals surface area contributed by atoms with Crippen molar-refractivity contribution < 1.29 is 0 Å². The van der Waals surface area contributed by atoms with Crippen molar-refractivity contribution in [2.45, 2.75) is 38.1 Å². The number of likely N-dealkylation sites (tertiary alicyclic amines) is 1. The molecule has 0 radical (unpaired) electrons. The van der Waals surface area contributed by atoms with E-state index in [-0.39, 0.29) is 0 Å². The molecule has 12 heavy (non-hydrogen) atoms. The van der Waals surface area contributed by atoms with Crippen LogP contribution in [0, 0.1) is 18.3 Å². The number of nitrogens with zero attached hydrogens (tertiary/aromatic N) is 1. The highest BCUT2D eigenvalue weighted by molar-refractivity contribution is 4.96. The predicted molar refractivity (Wildman–Crippen MR) is 50.8 cm³/mol. The first-order valence-corrected chi connectivity index (χ1v) is 5.09. The van der Waals surface area contributed by atoms with Gasteiger partial charge < -0.3 is 0 Å². The molecule has 1 aliphatic carbocycles. The Bertz CT molecular complexity index is 192. The summed E-state index contributed by atoms with van der Waals surface area (Å²) in [6, 6.07) is 0.842. The van der Waals surface area contributed by atoms with Crippen molar-refractivity contribution in [1.29, 1.82) is 0 Å². The molecule has 2 rings (SSSR count). The topological polar surface area (TPSA) is 3.24 Å². The van der Waals surface area contributed by atoms with Crippen LogP contribution < -0.4 is 0 Å². The Morgan fingerprint density at radius 1 is 1.25 bits per heavy atom. The van der Waals surface area contributed by atoms with Crippen LogP contribution in [0.15, 0.2) is 0 Å². The summed E-state index contributed by atoms with van der Waals surface area (Å²) in [5.74, 6) is 3.75. The maximum Gasteiger partial charge on any atom is 0.0601 e. The molecule has 2 atom stereocenters. The number of hydrogen-bond acceptors (Lipinski definition) is 1. The quantitative estimate of drug-likeness (QED) is 0.533. The van der Waals surface area contributed by atoms with Crippen molar-refractivity contribution in [1.82, 2.24) is 4.90 Å². The van der Waals surface area contributed by atoms with E-state index in [0.717, 1.165) is 18.5 Å². The van der Waals surface area contributed by atoms with Crippen LogP contribution in [0.1, 0.15) is 32.1 Å². The van der Waals surface area contributed by atoms with Crippen LogP contribution in [0.25, 0.3) is 0 Å². The molecule has 0 spiro atoms. The molecule has 66 valence electrons. The Balaban J connectivity index is 1.97. The molecule has 0 aromatic rings. The van der Waals surface area contributed by atoms with Gasteiger partial charge in [0.2, 0.25) is 0 Å². The van der Waals surface area contributed by atoms with Crippen molar-refractivity contribution in [3.05, 3.63) is 0 Å². The minimum atomic E-state index is 0.842. The molecule has 1 saturated heterocycles. The van der Waals surface area contributed by atoms with E-state index < -0.39 is 0 Å². The van der Waals surface area contributed by atoms with Gasteiger partial charge in [0.15, 0.2) is 0 Å². The summed E-state index contributed by atoms with van der Waals surface area (Å²) in [6.07, 6.45) is 12.4. The first-order valence-electron chi connectivity index (χ1n) is 5.09. The van der Waals surface area contributed by atoms with Gasteiger partial charge in [0.25, 0.3) is 0 Å². The summed E-state index contributed by atoms with van der Waals surface area (Å²) in [4.78, 5) is 2.50. The highest BCUT2D eigenvalue weighted by atomic mass is 15.2.